The van der Waals surface area contributed by atoms with E-state index >= 15 is 0 Å². The Labute approximate surface area is 221 Å². The lowest BCUT2D eigenvalue weighted by Crippen LogP contribution is -2.02. The van der Waals surface area contributed by atoms with Gasteiger partial charge in [0.25, 0.3) is 0 Å². The Morgan fingerprint density at radius 2 is 0.743 bits per heavy atom. The molecule has 0 radical (unpaired) electrons. The molecule has 0 aromatic heterocycles. The molecule has 1 rings (SSSR count). The lowest BCUT2D eigenvalue weighted by atomic mass is 9.89. The van der Waals surface area contributed by atoms with Crippen molar-refractivity contribution in [1.82, 2.24) is 0 Å². The minimum absolute atomic E-state index is 0.933. The zero-order chi connectivity index (χ0) is 25.1. The fourth-order valence-corrected chi connectivity index (χ4v) is 5.58. The lowest BCUT2D eigenvalue weighted by molar-refractivity contribution is 0.369. The van der Waals surface area contributed by atoms with E-state index in [0.29, 0.717) is 0 Å². The van der Waals surface area contributed by atoms with Crippen LogP contribution in [0.25, 0.3) is 0 Å². The summed E-state index contributed by atoms with van der Waals surface area (Å²) >= 11 is 0. The second-order valence-corrected chi connectivity index (χ2v) is 11.4. The van der Waals surface area contributed by atoms with Crippen molar-refractivity contribution in [2.45, 2.75) is 187 Å². The standard InChI is InChI=1S/C33H63N2/c1-3-5-7-9-11-13-15-16-18-20-22-24-27-32(28-25-29-33-34-30-31-35-33)26-23-21-19-17-14-12-10-8-6-4-2/h30-32H,3-29H2,1-2H3/q+1. The van der Waals surface area contributed by atoms with Crippen molar-refractivity contribution in [2.24, 2.45) is 15.9 Å². The Morgan fingerprint density at radius 3 is 1.11 bits per heavy atom. The van der Waals surface area contributed by atoms with E-state index in [9.17, 15) is 0 Å². The first-order valence-corrected chi connectivity index (χ1v) is 16.3. The molecule has 2 heteroatoms. The SMILES string of the molecule is CCCCCCCCCCCCCCC(CCCCCCCCCCCC)CCC[C+]1N=CC=N1. The monoisotopic (exact) mass is 487 g/mol. The van der Waals surface area contributed by atoms with Crippen LogP contribution in [0.2, 0.25) is 0 Å². The molecule has 1 atom stereocenters. The van der Waals surface area contributed by atoms with E-state index in [-0.39, 0.29) is 0 Å². The maximum atomic E-state index is 4.36. The molecule has 0 amide bonds. The molecule has 35 heavy (non-hydrogen) atoms. The molecule has 2 nitrogen and oxygen atoms in total. The predicted molar refractivity (Wildman–Crippen MR) is 160 cm³/mol. The topological polar surface area (TPSA) is 24.7 Å². The van der Waals surface area contributed by atoms with E-state index < -0.39 is 0 Å². The summed E-state index contributed by atoms with van der Waals surface area (Å²) in [4.78, 5) is 8.73. The van der Waals surface area contributed by atoms with E-state index in [2.05, 4.69) is 23.8 Å². The summed E-state index contributed by atoms with van der Waals surface area (Å²) in [5.74, 6) is 0.933. The van der Waals surface area contributed by atoms with Gasteiger partial charge in [-0.2, -0.15) is 0 Å². The molecule has 1 aliphatic heterocycles. The minimum Gasteiger partial charge on any atom is -0.0968 e. The number of rotatable bonds is 28. The third-order valence-corrected chi connectivity index (χ3v) is 7.96. The number of aliphatic imine (C=N–C) groups is 2. The van der Waals surface area contributed by atoms with Crippen molar-refractivity contribution in [3.8, 4) is 0 Å². The second kappa shape index (κ2) is 26.3. The highest BCUT2D eigenvalue weighted by Crippen LogP contribution is 2.26. The summed E-state index contributed by atoms with van der Waals surface area (Å²) in [6.07, 6.45) is 43.2. The van der Waals surface area contributed by atoms with Gasteiger partial charge >= 0.3 is 0 Å². The van der Waals surface area contributed by atoms with Crippen molar-refractivity contribution >= 4 is 12.4 Å². The van der Waals surface area contributed by atoms with Gasteiger partial charge in [0, 0.05) is 0 Å². The summed E-state index contributed by atoms with van der Waals surface area (Å²) in [7, 11) is 0. The number of unbranched alkanes of at least 4 members (excludes halogenated alkanes) is 20. The molecule has 0 spiro atoms. The van der Waals surface area contributed by atoms with Crippen molar-refractivity contribution in [3.05, 3.63) is 6.17 Å². The van der Waals surface area contributed by atoms with Gasteiger partial charge in [-0.1, -0.05) is 178 Å². The number of hydrogen-bond donors (Lipinski definition) is 0. The molecule has 204 valence electrons. The van der Waals surface area contributed by atoms with Crippen LogP contribution in [0.5, 0.6) is 0 Å². The molecule has 0 N–H and O–H groups in total. The van der Waals surface area contributed by atoms with Gasteiger partial charge in [-0.15, -0.1) is 0 Å². The molecule has 0 fully saturated rings. The van der Waals surface area contributed by atoms with Crippen molar-refractivity contribution in [2.75, 3.05) is 0 Å². The Hall–Kier alpha value is -0.790. The summed E-state index contributed by atoms with van der Waals surface area (Å²) in [6, 6.07) is 0. The van der Waals surface area contributed by atoms with Crippen LogP contribution >= 0.6 is 0 Å². The fourth-order valence-electron chi connectivity index (χ4n) is 5.58. The third-order valence-electron chi connectivity index (χ3n) is 7.96. The zero-order valence-electron chi connectivity index (χ0n) is 24.2. The van der Waals surface area contributed by atoms with E-state index in [1.54, 1.807) is 0 Å². The molecular weight excluding hydrogens is 424 g/mol. The van der Waals surface area contributed by atoms with Crippen LogP contribution in [0.1, 0.15) is 187 Å². The van der Waals surface area contributed by atoms with E-state index in [4.69, 9.17) is 0 Å². The molecule has 0 bridgehead atoms. The molecule has 1 unspecified atom stereocenters. The average molecular weight is 488 g/mol. The van der Waals surface area contributed by atoms with Crippen LogP contribution in [0, 0.1) is 12.1 Å². The van der Waals surface area contributed by atoms with Gasteiger partial charge in [0.15, 0.2) is 12.4 Å². The van der Waals surface area contributed by atoms with Crippen LogP contribution in [0.4, 0.5) is 0 Å². The first-order valence-electron chi connectivity index (χ1n) is 16.3. The molecule has 1 aliphatic rings. The lowest BCUT2D eigenvalue weighted by Gasteiger charge is -2.17. The first kappa shape index (κ1) is 32.2. The average Bonchev–Trinajstić information content (AvgIpc) is 3.39. The van der Waals surface area contributed by atoms with Gasteiger partial charge in [0.05, 0.1) is 6.42 Å². The van der Waals surface area contributed by atoms with Crippen LogP contribution in [-0.2, 0) is 0 Å². The first-order chi connectivity index (χ1) is 17.4. The van der Waals surface area contributed by atoms with Crippen LogP contribution in [0.15, 0.2) is 9.98 Å². The predicted octanol–water partition coefficient (Wildman–Crippen LogP) is 11.8. The smallest absolute Gasteiger partial charge is 0.0968 e. The van der Waals surface area contributed by atoms with Crippen LogP contribution < -0.4 is 0 Å². The van der Waals surface area contributed by atoms with Crippen LogP contribution in [0.3, 0.4) is 0 Å². The van der Waals surface area contributed by atoms with Gasteiger partial charge in [-0.3, -0.25) is 0 Å². The fraction of sp³-hybridized carbons (Fsp3) is 0.909. The number of hydrogen-bond acceptors (Lipinski definition) is 2. The quantitative estimate of drug-likeness (QED) is 0.0774. The molecule has 0 saturated heterocycles. The van der Waals surface area contributed by atoms with E-state index in [1.807, 2.05) is 12.4 Å². The Balaban J connectivity index is 2.04. The highest BCUT2D eigenvalue weighted by Gasteiger charge is 2.17. The summed E-state index contributed by atoms with van der Waals surface area (Å²) in [6.45, 7) is 4.61. The maximum Gasteiger partial charge on any atom is 0.240 e. The van der Waals surface area contributed by atoms with Gasteiger partial charge < -0.3 is 0 Å². The second-order valence-electron chi connectivity index (χ2n) is 11.4. The molecule has 0 aliphatic carbocycles. The van der Waals surface area contributed by atoms with Gasteiger partial charge in [0.1, 0.15) is 0 Å². The molecule has 0 aromatic rings. The number of nitrogens with zero attached hydrogens (tertiary/aromatic N) is 2. The zero-order valence-corrected chi connectivity index (χ0v) is 24.2. The van der Waals surface area contributed by atoms with Gasteiger partial charge in [-0.05, 0) is 18.8 Å². The Kier molecular flexibility index (Phi) is 24.2. The van der Waals surface area contributed by atoms with Gasteiger partial charge in [0.2, 0.25) is 6.17 Å². The summed E-state index contributed by atoms with van der Waals surface area (Å²) in [5.41, 5.74) is 0. The van der Waals surface area contributed by atoms with Crippen molar-refractivity contribution in [3.63, 3.8) is 0 Å². The largest absolute Gasteiger partial charge is 0.240 e. The van der Waals surface area contributed by atoms with Crippen molar-refractivity contribution < 1.29 is 0 Å². The Bertz CT molecular complexity index is 458. The maximum absolute atomic E-state index is 4.36. The highest BCUT2D eigenvalue weighted by molar-refractivity contribution is 6.18. The summed E-state index contributed by atoms with van der Waals surface area (Å²) < 4.78 is 0. The molecule has 1 heterocycles. The van der Waals surface area contributed by atoms with Crippen molar-refractivity contribution in [1.29, 1.82) is 0 Å². The summed E-state index contributed by atoms with van der Waals surface area (Å²) in [5, 5.41) is 0. The molecular formula is C33H63N2+. The molecule has 0 saturated carbocycles. The normalized spacial score (nSPS) is 13.8. The van der Waals surface area contributed by atoms with E-state index in [0.717, 1.165) is 18.5 Å². The Morgan fingerprint density at radius 1 is 0.429 bits per heavy atom. The highest BCUT2D eigenvalue weighted by atomic mass is 15.0. The molecule has 0 aromatic carbocycles. The minimum atomic E-state index is 0.933. The van der Waals surface area contributed by atoms with Gasteiger partial charge in [-0.25, -0.2) is 0 Å². The third kappa shape index (κ3) is 22.2. The van der Waals surface area contributed by atoms with Crippen LogP contribution in [-0.4, -0.2) is 12.4 Å². The van der Waals surface area contributed by atoms with E-state index in [1.165, 1.54) is 167 Å².